The number of aromatic nitrogens is 2. The van der Waals surface area contributed by atoms with Gasteiger partial charge in [0.15, 0.2) is 5.78 Å². The fraction of sp³-hybridized carbons (Fsp3) is 0.320. The Balaban J connectivity index is 1.58. The van der Waals surface area contributed by atoms with Crippen LogP contribution in [0.2, 0.25) is 5.02 Å². The first-order valence-corrected chi connectivity index (χ1v) is 11.2. The van der Waals surface area contributed by atoms with Crippen LogP contribution in [0.5, 0.6) is 0 Å². The maximum absolute atomic E-state index is 15.0. The number of ketones is 1. The highest BCUT2D eigenvalue weighted by atomic mass is 35.5. The number of fused-ring (bicyclic) bond motifs is 1. The number of rotatable bonds is 5. The van der Waals surface area contributed by atoms with Crippen molar-refractivity contribution in [3.63, 3.8) is 0 Å². The van der Waals surface area contributed by atoms with Crippen molar-refractivity contribution < 1.29 is 18.7 Å². The van der Waals surface area contributed by atoms with Crippen LogP contribution in [-0.2, 0) is 11.2 Å². The Bertz CT molecular complexity index is 1230. The molecule has 2 aromatic carbocycles. The number of carbonyl (C=O) groups excluding carboxylic acids is 2. The van der Waals surface area contributed by atoms with E-state index < -0.39 is 17.7 Å². The molecule has 1 atom stereocenters. The van der Waals surface area contributed by atoms with Gasteiger partial charge in [-0.15, -0.1) is 0 Å². The van der Waals surface area contributed by atoms with Gasteiger partial charge in [0.25, 0.3) is 0 Å². The van der Waals surface area contributed by atoms with Crippen molar-refractivity contribution in [2.75, 3.05) is 7.11 Å². The molecule has 1 aromatic heterocycles. The summed E-state index contributed by atoms with van der Waals surface area (Å²) in [7, 11) is 1.25. The lowest BCUT2D eigenvalue weighted by Crippen LogP contribution is -2.20. The van der Waals surface area contributed by atoms with Crippen LogP contribution >= 0.6 is 11.6 Å². The Kier molecular flexibility index (Phi) is 5.33. The Labute approximate surface area is 189 Å². The van der Waals surface area contributed by atoms with E-state index in [0.717, 1.165) is 48.6 Å². The number of ether oxygens (including phenoxy) is 1. The summed E-state index contributed by atoms with van der Waals surface area (Å²) in [5.41, 5.74) is 3.95. The van der Waals surface area contributed by atoms with Crippen molar-refractivity contribution in [3.8, 4) is 11.3 Å². The zero-order valence-electron chi connectivity index (χ0n) is 17.6. The molecule has 5 rings (SSSR count). The summed E-state index contributed by atoms with van der Waals surface area (Å²) in [5.74, 6) is -1.31. The molecule has 0 aliphatic heterocycles. The Hall–Kier alpha value is -2.99. The number of nitrogens with zero attached hydrogens (tertiary/aromatic N) is 1. The maximum atomic E-state index is 15.0. The van der Waals surface area contributed by atoms with Gasteiger partial charge in [0.1, 0.15) is 5.82 Å². The molecule has 0 spiro atoms. The second kappa shape index (κ2) is 8.17. The molecule has 0 amide bonds. The largest absolute Gasteiger partial charge is 0.465 e. The summed E-state index contributed by atoms with van der Waals surface area (Å²) in [6, 6.07) is 9.79. The van der Waals surface area contributed by atoms with E-state index in [-0.39, 0.29) is 16.9 Å². The molecule has 0 bridgehead atoms. The van der Waals surface area contributed by atoms with Crippen molar-refractivity contribution in [2.45, 2.75) is 43.9 Å². The second-order valence-corrected chi connectivity index (χ2v) is 8.85. The molecule has 3 aromatic rings. The quantitative estimate of drug-likeness (QED) is 0.390. The number of benzene rings is 2. The highest BCUT2D eigenvalue weighted by Gasteiger charge is 2.37. The first kappa shape index (κ1) is 20.9. The van der Waals surface area contributed by atoms with Crippen molar-refractivity contribution in [2.24, 2.45) is 0 Å². The van der Waals surface area contributed by atoms with Crippen LogP contribution in [0.25, 0.3) is 11.3 Å². The van der Waals surface area contributed by atoms with Crippen LogP contribution in [0.3, 0.4) is 0 Å². The van der Waals surface area contributed by atoms with Gasteiger partial charge in [0, 0.05) is 22.4 Å². The molecule has 2 aliphatic rings. The minimum absolute atomic E-state index is 0.0345. The van der Waals surface area contributed by atoms with Gasteiger partial charge in [-0.3, -0.25) is 9.89 Å². The third-order valence-electron chi connectivity index (χ3n) is 6.42. The predicted octanol–water partition coefficient (Wildman–Crippen LogP) is 5.84. The molecule has 0 radical (unpaired) electrons. The molecule has 1 fully saturated rings. The van der Waals surface area contributed by atoms with E-state index in [2.05, 4.69) is 14.9 Å². The zero-order valence-corrected chi connectivity index (χ0v) is 18.3. The summed E-state index contributed by atoms with van der Waals surface area (Å²) >= 11 is 6.51. The maximum Gasteiger partial charge on any atom is 0.337 e. The van der Waals surface area contributed by atoms with Crippen molar-refractivity contribution in [1.29, 1.82) is 0 Å². The molecule has 5 nitrogen and oxygen atoms in total. The number of Topliss-reactive ketones (excluding diaryl/α,β-unsaturated/α-hetero) is 1. The normalized spacial score (nSPS) is 17.7. The van der Waals surface area contributed by atoms with Crippen LogP contribution in [-0.4, -0.2) is 29.1 Å². The summed E-state index contributed by atoms with van der Waals surface area (Å²) in [6.45, 7) is 0. The number of aryl methyl sites for hydroxylation is 1. The van der Waals surface area contributed by atoms with Gasteiger partial charge in [0.05, 0.1) is 29.3 Å². The monoisotopic (exact) mass is 452 g/mol. The van der Waals surface area contributed by atoms with E-state index in [0.29, 0.717) is 28.6 Å². The van der Waals surface area contributed by atoms with Crippen molar-refractivity contribution >= 4 is 23.4 Å². The summed E-state index contributed by atoms with van der Waals surface area (Å²) < 4.78 is 19.7. The van der Waals surface area contributed by atoms with E-state index >= 15 is 4.39 Å². The van der Waals surface area contributed by atoms with Crippen LogP contribution in [0.1, 0.15) is 75.1 Å². The van der Waals surface area contributed by atoms with Gasteiger partial charge in [-0.2, -0.15) is 5.10 Å². The lowest BCUT2D eigenvalue weighted by atomic mass is 9.78. The number of carbonyl (C=O) groups is 2. The van der Waals surface area contributed by atoms with E-state index in [1.54, 1.807) is 6.07 Å². The third-order valence-corrected chi connectivity index (χ3v) is 6.74. The van der Waals surface area contributed by atoms with Crippen LogP contribution < -0.4 is 0 Å². The highest BCUT2D eigenvalue weighted by molar-refractivity contribution is 6.34. The standard InChI is InChI=1S/C25H22ClFN2O3/c1-32-25(31)14-10-11-16(19(27)12-14)23-22-17(5-3-7-20(22)28-29-23)24(30)21-15(13-8-9-13)4-2-6-18(21)26/h2,4,6,10-13,17H,3,5,7-9H2,1H3,(H,28,29). The SMILES string of the molecule is COC(=O)c1ccc(-c2n[nH]c3c2C(C(=O)c2c(Cl)cccc2C2CC2)CCC3)c(F)c1. The first-order chi connectivity index (χ1) is 15.5. The van der Waals surface area contributed by atoms with Crippen LogP contribution in [0.15, 0.2) is 36.4 Å². The fourth-order valence-electron chi connectivity index (χ4n) is 4.71. The van der Waals surface area contributed by atoms with Gasteiger partial charge in [0.2, 0.25) is 0 Å². The van der Waals surface area contributed by atoms with E-state index in [9.17, 15) is 9.59 Å². The number of esters is 1. The summed E-state index contributed by atoms with van der Waals surface area (Å²) in [5, 5.41) is 7.85. The number of hydrogen-bond acceptors (Lipinski definition) is 4. The Morgan fingerprint density at radius 1 is 1.19 bits per heavy atom. The Morgan fingerprint density at radius 3 is 2.72 bits per heavy atom. The van der Waals surface area contributed by atoms with Gasteiger partial charge >= 0.3 is 5.97 Å². The van der Waals surface area contributed by atoms with Crippen molar-refractivity contribution in [3.05, 3.63) is 75.2 Å². The molecule has 2 aliphatic carbocycles. The van der Waals surface area contributed by atoms with Gasteiger partial charge in [-0.25, -0.2) is 9.18 Å². The smallest absolute Gasteiger partial charge is 0.337 e. The number of methoxy groups -OCH3 is 1. The van der Waals surface area contributed by atoms with E-state index in [1.165, 1.54) is 19.2 Å². The number of hydrogen-bond donors (Lipinski definition) is 1. The molecule has 1 N–H and O–H groups in total. The number of aromatic amines is 1. The molecule has 1 heterocycles. The minimum Gasteiger partial charge on any atom is -0.465 e. The van der Waals surface area contributed by atoms with E-state index in [1.807, 2.05) is 12.1 Å². The average Bonchev–Trinajstić information content (AvgIpc) is 3.56. The van der Waals surface area contributed by atoms with Gasteiger partial charge < -0.3 is 4.74 Å². The number of halogens is 2. The second-order valence-electron chi connectivity index (χ2n) is 8.44. The molecule has 7 heteroatoms. The van der Waals surface area contributed by atoms with Crippen LogP contribution in [0.4, 0.5) is 4.39 Å². The Morgan fingerprint density at radius 2 is 2.00 bits per heavy atom. The average molecular weight is 453 g/mol. The zero-order chi connectivity index (χ0) is 22.4. The molecule has 164 valence electrons. The number of H-pyrrole nitrogens is 1. The predicted molar refractivity (Wildman–Crippen MR) is 119 cm³/mol. The minimum atomic E-state index is -0.612. The molecule has 0 saturated heterocycles. The topological polar surface area (TPSA) is 72.0 Å². The highest BCUT2D eigenvalue weighted by Crippen LogP contribution is 2.46. The van der Waals surface area contributed by atoms with Crippen molar-refractivity contribution in [1.82, 2.24) is 10.2 Å². The fourth-order valence-corrected chi connectivity index (χ4v) is 4.98. The van der Waals surface area contributed by atoms with E-state index in [4.69, 9.17) is 11.6 Å². The van der Waals surface area contributed by atoms with Gasteiger partial charge in [-0.05, 0) is 67.9 Å². The molecular weight excluding hydrogens is 431 g/mol. The first-order valence-electron chi connectivity index (χ1n) is 10.8. The van der Waals surface area contributed by atoms with Gasteiger partial charge in [-0.1, -0.05) is 23.7 Å². The molecule has 1 unspecified atom stereocenters. The molecular formula is C25H22ClFN2O3. The lowest BCUT2D eigenvalue weighted by molar-refractivity contribution is 0.0600. The lowest BCUT2D eigenvalue weighted by Gasteiger charge is -2.24. The molecule has 1 saturated carbocycles. The third kappa shape index (κ3) is 3.52. The summed E-state index contributed by atoms with van der Waals surface area (Å²) in [6.07, 6.45) is 4.34. The molecule has 32 heavy (non-hydrogen) atoms. The summed E-state index contributed by atoms with van der Waals surface area (Å²) in [4.78, 5) is 25.6. The van der Waals surface area contributed by atoms with Crippen LogP contribution in [0, 0.1) is 5.82 Å². The number of nitrogens with one attached hydrogen (secondary N) is 1.